The first-order valence-corrected chi connectivity index (χ1v) is 10.7. The second kappa shape index (κ2) is 10.1. The molecular weight excluding hydrogens is 332 g/mol. The van der Waals surface area contributed by atoms with Gasteiger partial charge in [-0.25, -0.2) is 4.79 Å². The van der Waals surface area contributed by atoms with Crippen molar-refractivity contribution in [3.8, 4) is 0 Å². The van der Waals surface area contributed by atoms with E-state index in [4.69, 9.17) is 4.74 Å². The lowest BCUT2D eigenvalue weighted by molar-refractivity contribution is -0.136. The summed E-state index contributed by atoms with van der Waals surface area (Å²) in [4.78, 5) is 11.4. The molecule has 1 heterocycles. The van der Waals surface area contributed by atoms with E-state index in [2.05, 4.69) is 46.8 Å². The molecule has 2 aliphatic rings. The molecule has 0 saturated carbocycles. The molecule has 0 bridgehead atoms. The maximum atomic E-state index is 11.4. The van der Waals surface area contributed by atoms with Crippen LogP contribution < -0.4 is 0 Å². The lowest BCUT2D eigenvalue weighted by Crippen LogP contribution is -2.20. The van der Waals surface area contributed by atoms with E-state index < -0.39 is 0 Å². The molecule has 0 aromatic carbocycles. The smallest absolute Gasteiger partial charge is 0.334 e. The zero-order chi connectivity index (χ0) is 19.9. The molecule has 2 rings (SSSR count). The van der Waals surface area contributed by atoms with Gasteiger partial charge in [0.1, 0.15) is 6.61 Å². The third-order valence-corrected chi connectivity index (χ3v) is 6.20. The lowest BCUT2D eigenvalue weighted by atomic mass is 9.71. The number of esters is 1. The normalized spacial score (nSPS) is 20.8. The molecule has 0 fully saturated rings. The Kier molecular flexibility index (Phi) is 8.13. The van der Waals surface area contributed by atoms with Crippen LogP contribution in [0, 0.1) is 5.41 Å². The average molecular weight is 371 g/mol. The summed E-state index contributed by atoms with van der Waals surface area (Å²) in [6, 6.07) is 0. The Labute approximate surface area is 166 Å². The van der Waals surface area contributed by atoms with E-state index >= 15 is 0 Å². The van der Waals surface area contributed by atoms with E-state index in [0.29, 0.717) is 12.0 Å². The Balaban J connectivity index is 1.72. The van der Waals surface area contributed by atoms with E-state index in [1.165, 1.54) is 43.3 Å². The summed E-state index contributed by atoms with van der Waals surface area (Å²) in [6.07, 6.45) is 16.9. The molecule has 0 spiro atoms. The molecule has 150 valence electrons. The predicted octanol–water partition coefficient (Wildman–Crippen LogP) is 7.23. The SMILES string of the molecule is CC1=C(CC/C(C)=C/CC/C(C)=C/CCC2=CCOC2=O)C(C)(C)CCC1. The van der Waals surface area contributed by atoms with Gasteiger partial charge in [0, 0.05) is 5.57 Å². The number of rotatable bonds is 9. The number of cyclic esters (lactones) is 1. The standard InChI is InChI=1S/C25H38O2/c1-19(11-7-13-22-16-18-27-24(22)26)9-6-10-20(2)14-15-23-21(3)12-8-17-25(23,4)5/h10-11,16H,6-9,12-15,17-18H2,1-5H3/b19-11+,20-10+. The fraction of sp³-hybridized carbons (Fsp3) is 0.640. The van der Waals surface area contributed by atoms with Crippen LogP contribution in [0.5, 0.6) is 0 Å². The van der Waals surface area contributed by atoms with Gasteiger partial charge < -0.3 is 4.74 Å². The Morgan fingerprint density at radius 1 is 1.11 bits per heavy atom. The topological polar surface area (TPSA) is 26.3 Å². The Morgan fingerprint density at radius 3 is 2.48 bits per heavy atom. The maximum absolute atomic E-state index is 11.4. The van der Waals surface area contributed by atoms with E-state index in [1.54, 1.807) is 11.1 Å². The number of allylic oxidation sites excluding steroid dienone is 6. The fourth-order valence-corrected chi connectivity index (χ4v) is 4.37. The van der Waals surface area contributed by atoms with Crippen molar-refractivity contribution in [3.63, 3.8) is 0 Å². The van der Waals surface area contributed by atoms with Crippen LogP contribution in [-0.4, -0.2) is 12.6 Å². The van der Waals surface area contributed by atoms with Crippen molar-refractivity contribution in [3.05, 3.63) is 46.1 Å². The predicted molar refractivity (Wildman–Crippen MR) is 115 cm³/mol. The molecule has 1 aliphatic carbocycles. The van der Waals surface area contributed by atoms with Crippen LogP contribution in [0.4, 0.5) is 0 Å². The summed E-state index contributed by atoms with van der Waals surface area (Å²) in [5.74, 6) is -0.133. The molecule has 0 aromatic rings. The van der Waals surface area contributed by atoms with Crippen LogP contribution in [0.25, 0.3) is 0 Å². The number of ether oxygens (including phenoxy) is 1. The maximum Gasteiger partial charge on any atom is 0.334 e. The van der Waals surface area contributed by atoms with Crippen LogP contribution in [0.1, 0.15) is 92.4 Å². The molecule has 0 unspecified atom stereocenters. The van der Waals surface area contributed by atoms with Crippen molar-refractivity contribution in [2.24, 2.45) is 5.41 Å². The molecule has 0 atom stereocenters. The van der Waals surface area contributed by atoms with Gasteiger partial charge in [0.05, 0.1) is 0 Å². The minimum Gasteiger partial charge on any atom is -0.458 e. The summed E-state index contributed by atoms with van der Waals surface area (Å²) in [5, 5.41) is 0. The van der Waals surface area contributed by atoms with Gasteiger partial charge in [0.2, 0.25) is 0 Å². The molecule has 0 aromatic heterocycles. The molecule has 27 heavy (non-hydrogen) atoms. The first-order valence-electron chi connectivity index (χ1n) is 10.7. The van der Waals surface area contributed by atoms with Gasteiger partial charge >= 0.3 is 5.97 Å². The molecule has 0 amide bonds. The molecule has 2 nitrogen and oxygen atoms in total. The fourth-order valence-electron chi connectivity index (χ4n) is 4.37. The number of hydrogen-bond acceptors (Lipinski definition) is 2. The molecule has 0 saturated heterocycles. The van der Waals surface area contributed by atoms with E-state index in [-0.39, 0.29) is 5.97 Å². The highest BCUT2D eigenvalue weighted by atomic mass is 16.5. The highest BCUT2D eigenvalue weighted by Gasteiger charge is 2.27. The highest BCUT2D eigenvalue weighted by molar-refractivity contribution is 5.90. The van der Waals surface area contributed by atoms with Crippen molar-refractivity contribution in [1.29, 1.82) is 0 Å². The first kappa shape index (κ1) is 21.7. The lowest BCUT2D eigenvalue weighted by Gasteiger charge is -2.35. The third-order valence-electron chi connectivity index (χ3n) is 6.20. The van der Waals surface area contributed by atoms with Gasteiger partial charge in [-0.3, -0.25) is 0 Å². The second-order valence-corrected chi connectivity index (χ2v) is 9.00. The van der Waals surface area contributed by atoms with Crippen LogP contribution in [0.15, 0.2) is 46.1 Å². The third kappa shape index (κ3) is 6.83. The van der Waals surface area contributed by atoms with Crippen LogP contribution in [0.3, 0.4) is 0 Å². The molecule has 1 aliphatic heterocycles. The average Bonchev–Trinajstić information content (AvgIpc) is 2.99. The molecule has 0 radical (unpaired) electrons. The number of carbonyl (C=O) groups excluding carboxylic acids is 1. The monoisotopic (exact) mass is 370 g/mol. The summed E-state index contributed by atoms with van der Waals surface area (Å²) in [6.45, 7) is 12.1. The van der Waals surface area contributed by atoms with E-state index in [0.717, 1.165) is 31.3 Å². The van der Waals surface area contributed by atoms with Crippen molar-refractivity contribution in [2.45, 2.75) is 92.4 Å². The molecule has 0 N–H and O–H groups in total. The Bertz CT molecular complexity index is 656. The Morgan fingerprint density at radius 2 is 1.81 bits per heavy atom. The summed E-state index contributed by atoms with van der Waals surface area (Å²) in [5.41, 5.74) is 7.51. The van der Waals surface area contributed by atoms with Crippen molar-refractivity contribution >= 4 is 5.97 Å². The quantitative estimate of drug-likeness (QED) is 0.316. The van der Waals surface area contributed by atoms with Gasteiger partial charge in [-0.15, -0.1) is 0 Å². The number of hydrogen-bond donors (Lipinski definition) is 0. The van der Waals surface area contributed by atoms with Crippen molar-refractivity contribution < 1.29 is 9.53 Å². The second-order valence-electron chi connectivity index (χ2n) is 9.00. The van der Waals surface area contributed by atoms with Crippen molar-refractivity contribution in [2.75, 3.05) is 6.61 Å². The van der Waals surface area contributed by atoms with Crippen LogP contribution in [-0.2, 0) is 9.53 Å². The molecular formula is C25H38O2. The van der Waals surface area contributed by atoms with Crippen LogP contribution in [0.2, 0.25) is 0 Å². The van der Waals surface area contributed by atoms with Gasteiger partial charge in [-0.2, -0.15) is 0 Å². The molecule has 2 heteroatoms. The minimum atomic E-state index is -0.133. The first-order chi connectivity index (χ1) is 12.8. The Hall–Kier alpha value is -1.57. The van der Waals surface area contributed by atoms with E-state index in [1.807, 2.05) is 6.08 Å². The largest absolute Gasteiger partial charge is 0.458 e. The van der Waals surface area contributed by atoms with Gasteiger partial charge in [-0.1, -0.05) is 48.3 Å². The van der Waals surface area contributed by atoms with Gasteiger partial charge in [0.25, 0.3) is 0 Å². The van der Waals surface area contributed by atoms with E-state index in [9.17, 15) is 4.79 Å². The highest BCUT2D eigenvalue weighted by Crippen LogP contribution is 2.42. The summed E-state index contributed by atoms with van der Waals surface area (Å²) < 4.78 is 4.94. The zero-order valence-corrected chi connectivity index (χ0v) is 18.1. The van der Waals surface area contributed by atoms with Crippen LogP contribution >= 0.6 is 0 Å². The summed E-state index contributed by atoms with van der Waals surface area (Å²) >= 11 is 0. The number of carbonyl (C=O) groups is 1. The van der Waals surface area contributed by atoms with Gasteiger partial charge in [-0.05, 0) is 90.0 Å². The van der Waals surface area contributed by atoms with Gasteiger partial charge in [0.15, 0.2) is 0 Å². The van der Waals surface area contributed by atoms with Crippen molar-refractivity contribution in [1.82, 2.24) is 0 Å². The minimum absolute atomic E-state index is 0.133. The summed E-state index contributed by atoms with van der Waals surface area (Å²) in [7, 11) is 0. The zero-order valence-electron chi connectivity index (χ0n) is 18.1.